The van der Waals surface area contributed by atoms with Crippen molar-refractivity contribution in [2.24, 2.45) is 11.7 Å². The van der Waals surface area contributed by atoms with Crippen LogP contribution in [-0.2, 0) is 14.9 Å². The van der Waals surface area contributed by atoms with Gasteiger partial charge in [0, 0.05) is 24.6 Å². The summed E-state index contributed by atoms with van der Waals surface area (Å²) in [7, 11) is 0. The van der Waals surface area contributed by atoms with Crippen LogP contribution >= 0.6 is 0 Å². The third kappa shape index (κ3) is 2.14. The number of hydrazine groups is 1. The van der Waals surface area contributed by atoms with Crippen LogP contribution in [0.4, 0.5) is 5.69 Å². The van der Waals surface area contributed by atoms with Gasteiger partial charge < -0.3 is 15.4 Å². The monoisotopic (exact) mass is 388 g/mol. The number of hydrogen-bond donors (Lipinski definition) is 3. The molecule has 3 aliphatic heterocycles. The fraction of sp³-hybridized carbons (Fsp3) is 0.286. The molecule has 8 heteroatoms. The Labute approximate surface area is 167 Å². The maximum Gasteiger partial charge on any atom is 0.243 e. The minimum absolute atomic E-state index is 0.0143. The molecule has 1 spiro atoms. The number of aromatic nitrogens is 1. The average Bonchev–Trinajstić information content (AvgIpc) is 3.27. The highest BCUT2D eigenvalue weighted by Gasteiger charge is 2.67. The number of nitrogens with zero attached hydrogens (tertiary/aromatic N) is 3. The van der Waals surface area contributed by atoms with Crippen molar-refractivity contribution in [1.82, 2.24) is 15.8 Å². The predicted octanol–water partition coefficient (Wildman–Crippen LogP) is 1.20. The smallest absolute Gasteiger partial charge is 0.243 e. The van der Waals surface area contributed by atoms with Crippen LogP contribution in [0.1, 0.15) is 24.1 Å². The number of rotatable bonds is 2. The van der Waals surface area contributed by atoms with Gasteiger partial charge in [-0.3, -0.25) is 9.78 Å². The van der Waals surface area contributed by atoms with Gasteiger partial charge in [0.1, 0.15) is 17.1 Å². The number of benzene rings is 1. The molecule has 0 radical (unpaired) electrons. The Balaban J connectivity index is 1.81. The summed E-state index contributed by atoms with van der Waals surface area (Å²) in [5, 5.41) is 10.1. The van der Waals surface area contributed by atoms with Crippen LogP contribution in [0.2, 0.25) is 0 Å². The summed E-state index contributed by atoms with van der Waals surface area (Å²) in [4.78, 5) is 19.8. The molecular weight excluding hydrogens is 368 g/mol. The predicted molar refractivity (Wildman–Crippen MR) is 105 cm³/mol. The van der Waals surface area contributed by atoms with Gasteiger partial charge in [-0.1, -0.05) is 18.2 Å². The van der Waals surface area contributed by atoms with Crippen molar-refractivity contribution in [2.45, 2.75) is 24.6 Å². The van der Waals surface area contributed by atoms with Crippen LogP contribution in [0, 0.1) is 17.2 Å². The molecule has 1 saturated heterocycles. The van der Waals surface area contributed by atoms with Crippen LogP contribution in [-0.4, -0.2) is 23.7 Å². The van der Waals surface area contributed by atoms with E-state index < -0.39 is 17.6 Å². The summed E-state index contributed by atoms with van der Waals surface area (Å²) < 4.78 is 5.86. The third-order valence-corrected chi connectivity index (χ3v) is 6.16. The summed E-state index contributed by atoms with van der Waals surface area (Å²) in [5.41, 5.74) is 14.0. The standard InChI is InChI=1S/C21H20N6O2/c1-2-27-15-6-4-3-5-13(15)21(20(27)28)14(11-22)18(23)29-19-16(21)17(25-26-19)12-7-9-24-10-8-12/h3-10,16-17,19,25-26H,2,23H2,1H3. The Morgan fingerprint density at radius 2 is 2.03 bits per heavy atom. The Hall–Kier alpha value is -3.41. The fourth-order valence-electron chi connectivity index (χ4n) is 5.03. The van der Waals surface area contributed by atoms with Gasteiger partial charge in [-0.2, -0.15) is 5.26 Å². The molecule has 0 aliphatic carbocycles. The highest BCUT2D eigenvalue weighted by atomic mass is 16.5. The molecule has 4 N–H and O–H groups in total. The number of carbonyl (C=O) groups is 1. The fourth-order valence-corrected chi connectivity index (χ4v) is 5.03. The molecule has 5 rings (SSSR count). The number of anilines is 1. The largest absolute Gasteiger partial charge is 0.458 e. The van der Waals surface area contributed by atoms with Crippen molar-refractivity contribution in [3.63, 3.8) is 0 Å². The van der Waals surface area contributed by atoms with Crippen molar-refractivity contribution in [3.05, 3.63) is 71.4 Å². The highest BCUT2D eigenvalue weighted by Crippen LogP contribution is 2.58. The molecule has 2 aromatic rings. The van der Waals surface area contributed by atoms with E-state index in [9.17, 15) is 10.1 Å². The van der Waals surface area contributed by atoms with E-state index in [-0.39, 0.29) is 23.4 Å². The first kappa shape index (κ1) is 17.7. The van der Waals surface area contributed by atoms with Crippen LogP contribution < -0.4 is 21.5 Å². The zero-order chi connectivity index (χ0) is 20.2. The number of nitriles is 1. The van der Waals surface area contributed by atoms with E-state index >= 15 is 0 Å². The lowest BCUT2D eigenvalue weighted by Crippen LogP contribution is -2.56. The SMILES string of the molecule is CCN1C(=O)C2(C(C#N)=C(N)OC3NNC(c4ccncc4)C32)c2ccccc21. The van der Waals surface area contributed by atoms with Crippen molar-refractivity contribution >= 4 is 11.6 Å². The molecular formula is C21H20N6O2. The van der Waals surface area contributed by atoms with E-state index in [0.717, 1.165) is 16.8 Å². The van der Waals surface area contributed by atoms with Crippen molar-refractivity contribution in [2.75, 3.05) is 11.4 Å². The first-order valence-electron chi connectivity index (χ1n) is 9.54. The lowest BCUT2D eigenvalue weighted by Gasteiger charge is -2.42. The van der Waals surface area contributed by atoms with E-state index in [1.165, 1.54) is 0 Å². The second kappa shape index (κ2) is 6.30. The number of nitrogens with one attached hydrogen (secondary N) is 2. The van der Waals surface area contributed by atoms with Gasteiger partial charge in [-0.15, -0.1) is 0 Å². The van der Waals surface area contributed by atoms with Gasteiger partial charge in [0.2, 0.25) is 11.8 Å². The van der Waals surface area contributed by atoms with Crippen molar-refractivity contribution in [1.29, 1.82) is 5.26 Å². The number of fused-ring (bicyclic) bond motifs is 4. The van der Waals surface area contributed by atoms with Gasteiger partial charge in [0.05, 0.1) is 12.0 Å². The van der Waals surface area contributed by atoms with E-state index in [4.69, 9.17) is 10.5 Å². The van der Waals surface area contributed by atoms with Gasteiger partial charge in [-0.05, 0) is 36.2 Å². The number of pyridine rings is 1. The van der Waals surface area contributed by atoms with E-state index in [1.807, 2.05) is 43.3 Å². The molecule has 4 unspecified atom stereocenters. The topological polar surface area (TPSA) is 116 Å². The zero-order valence-electron chi connectivity index (χ0n) is 15.8. The Morgan fingerprint density at radius 3 is 2.76 bits per heavy atom. The summed E-state index contributed by atoms with van der Waals surface area (Å²) in [6.45, 7) is 2.42. The van der Waals surface area contributed by atoms with E-state index in [0.29, 0.717) is 6.54 Å². The number of likely N-dealkylation sites (N-methyl/N-ethyl adjacent to an activating group) is 1. The lowest BCUT2D eigenvalue weighted by atomic mass is 9.62. The molecule has 1 fully saturated rings. The van der Waals surface area contributed by atoms with Crippen LogP contribution in [0.25, 0.3) is 0 Å². The number of hydrogen-bond acceptors (Lipinski definition) is 7. The molecule has 3 aliphatic rings. The second-order valence-corrected chi connectivity index (χ2v) is 7.34. The van der Waals surface area contributed by atoms with Crippen molar-refractivity contribution in [3.8, 4) is 6.07 Å². The minimum atomic E-state index is -1.24. The van der Waals surface area contributed by atoms with E-state index in [1.54, 1.807) is 17.3 Å². The summed E-state index contributed by atoms with van der Waals surface area (Å²) in [5.74, 6) is -0.583. The zero-order valence-corrected chi connectivity index (χ0v) is 15.8. The molecule has 0 saturated carbocycles. The van der Waals surface area contributed by atoms with Crippen LogP contribution in [0.5, 0.6) is 0 Å². The number of ether oxygens (including phenoxy) is 1. The number of carbonyl (C=O) groups excluding carboxylic acids is 1. The first-order valence-corrected chi connectivity index (χ1v) is 9.54. The van der Waals surface area contributed by atoms with Crippen LogP contribution in [0.15, 0.2) is 60.2 Å². The van der Waals surface area contributed by atoms with Gasteiger partial charge in [0.15, 0.2) is 6.23 Å². The Morgan fingerprint density at radius 1 is 1.28 bits per heavy atom. The third-order valence-electron chi connectivity index (χ3n) is 6.16. The number of nitrogens with two attached hydrogens (primary N) is 1. The Kier molecular flexibility index (Phi) is 3.84. The molecule has 29 heavy (non-hydrogen) atoms. The second-order valence-electron chi connectivity index (χ2n) is 7.34. The summed E-state index contributed by atoms with van der Waals surface area (Å²) >= 11 is 0. The van der Waals surface area contributed by atoms with Crippen LogP contribution in [0.3, 0.4) is 0 Å². The maximum atomic E-state index is 14.0. The molecule has 1 amide bonds. The van der Waals surface area contributed by atoms with Gasteiger partial charge >= 0.3 is 0 Å². The van der Waals surface area contributed by atoms with Gasteiger partial charge in [0.25, 0.3) is 0 Å². The molecule has 8 nitrogen and oxygen atoms in total. The quantitative estimate of drug-likeness (QED) is 0.708. The normalized spacial score (nSPS) is 30.1. The molecule has 0 bridgehead atoms. The highest BCUT2D eigenvalue weighted by molar-refractivity contribution is 6.11. The molecule has 1 aromatic carbocycles. The number of para-hydroxylation sites is 1. The summed E-state index contributed by atoms with van der Waals surface area (Å²) in [6.07, 6.45) is 2.84. The molecule has 4 atom stereocenters. The lowest BCUT2D eigenvalue weighted by molar-refractivity contribution is -0.127. The van der Waals surface area contributed by atoms with Crippen molar-refractivity contribution < 1.29 is 9.53 Å². The molecule has 146 valence electrons. The van der Waals surface area contributed by atoms with Gasteiger partial charge in [-0.25, -0.2) is 10.9 Å². The molecule has 4 heterocycles. The average molecular weight is 388 g/mol. The van der Waals surface area contributed by atoms with E-state index in [2.05, 4.69) is 21.9 Å². The first-order chi connectivity index (χ1) is 14.1. The Bertz CT molecular complexity index is 1060. The number of amides is 1. The minimum Gasteiger partial charge on any atom is -0.458 e. The summed E-state index contributed by atoms with van der Waals surface area (Å²) in [6, 6.07) is 13.3. The maximum absolute atomic E-state index is 14.0. The molecule has 1 aromatic heterocycles.